The van der Waals surface area contributed by atoms with Crippen molar-refractivity contribution in [3.8, 4) is 22.6 Å². The van der Waals surface area contributed by atoms with Crippen LogP contribution in [0.1, 0.15) is 25.0 Å². The van der Waals surface area contributed by atoms with E-state index >= 15 is 0 Å². The van der Waals surface area contributed by atoms with Gasteiger partial charge in [-0.05, 0) is 86.6 Å². The van der Waals surface area contributed by atoms with Gasteiger partial charge >= 0.3 is 0 Å². The molecule has 0 aliphatic carbocycles. The van der Waals surface area contributed by atoms with Crippen LogP contribution in [-0.4, -0.2) is 57.2 Å². The van der Waals surface area contributed by atoms with Gasteiger partial charge in [0.15, 0.2) is 0 Å². The minimum Gasteiger partial charge on any atom is -0.384 e. The first kappa shape index (κ1) is 27.0. The van der Waals surface area contributed by atoms with Crippen molar-refractivity contribution in [1.29, 1.82) is 0 Å². The van der Waals surface area contributed by atoms with E-state index in [4.69, 9.17) is 0 Å². The number of benzene rings is 1. The van der Waals surface area contributed by atoms with Gasteiger partial charge in [0.1, 0.15) is 11.5 Å². The summed E-state index contributed by atoms with van der Waals surface area (Å²) < 4.78 is 14.6. The van der Waals surface area contributed by atoms with E-state index in [-0.39, 0.29) is 5.82 Å². The minimum atomic E-state index is -0.313. The average molecular weight is 536 g/mol. The lowest BCUT2D eigenvalue weighted by atomic mass is 10.1. The van der Waals surface area contributed by atoms with Crippen LogP contribution in [0.4, 0.5) is 10.1 Å². The van der Waals surface area contributed by atoms with Gasteiger partial charge in [-0.25, -0.2) is 4.39 Å². The maximum Gasteiger partial charge on any atom is 0.125 e. The number of hydrogen-bond acceptors (Lipinski definition) is 5. The molecule has 4 heterocycles. The van der Waals surface area contributed by atoms with Crippen LogP contribution < -0.4 is 15.9 Å². The van der Waals surface area contributed by atoms with Gasteiger partial charge in [0.2, 0.25) is 0 Å². The van der Waals surface area contributed by atoms with Crippen LogP contribution in [-0.2, 0) is 6.42 Å². The number of likely N-dealkylation sites (N-methyl/N-ethyl adjacent to an activating group) is 1. The molecule has 0 saturated heterocycles. The number of nitrogens with one attached hydrogen (secondary N) is 3. The third kappa shape index (κ3) is 5.87. The molecular formula is C32H34FN7. The fourth-order valence-electron chi connectivity index (χ4n) is 4.60. The highest BCUT2D eigenvalue weighted by Gasteiger charge is 2.14. The van der Waals surface area contributed by atoms with E-state index < -0.39 is 0 Å². The Morgan fingerprint density at radius 2 is 1.98 bits per heavy atom. The quantitative estimate of drug-likeness (QED) is 0.248. The number of fused-ring (bicyclic) bond motifs is 1. The largest absolute Gasteiger partial charge is 0.384 e. The predicted molar refractivity (Wildman–Crippen MR) is 163 cm³/mol. The predicted octanol–water partition coefficient (Wildman–Crippen LogP) is 4.98. The van der Waals surface area contributed by atoms with Crippen molar-refractivity contribution < 1.29 is 4.39 Å². The van der Waals surface area contributed by atoms with Gasteiger partial charge in [0.05, 0.1) is 16.7 Å². The normalized spacial score (nSPS) is 12.6. The first-order valence-electron chi connectivity index (χ1n) is 13.4. The molecule has 7 nitrogen and oxygen atoms in total. The summed E-state index contributed by atoms with van der Waals surface area (Å²) in [6.07, 6.45) is 10.5. The number of nitrogens with zero attached hydrogens (tertiary/aromatic N) is 4. The number of anilines is 1. The van der Waals surface area contributed by atoms with Crippen LogP contribution in [0.15, 0.2) is 61.1 Å². The number of aromatic amines is 2. The Hall–Kier alpha value is -4.56. The van der Waals surface area contributed by atoms with E-state index in [2.05, 4.69) is 61.9 Å². The van der Waals surface area contributed by atoms with Gasteiger partial charge in [-0.3, -0.25) is 15.1 Å². The van der Waals surface area contributed by atoms with Gasteiger partial charge < -0.3 is 15.2 Å². The molecule has 4 aromatic heterocycles. The van der Waals surface area contributed by atoms with E-state index in [1.54, 1.807) is 6.20 Å². The summed E-state index contributed by atoms with van der Waals surface area (Å²) in [5.41, 5.74) is 7.94. The first-order valence-corrected chi connectivity index (χ1v) is 13.4. The Labute approximate surface area is 233 Å². The van der Waals surface area contributed by atoms with Gasteiger partial charge in [0, 0.05) is 59.1 Å². The van der Waals surface area contributed by atoms with Crippen molar-refractivity contribution >= 4 is 34.8 Å². The molecule has 0 amide bonds. The maximum absolute atomic E-state index is 14.6. The second-order valence-corrected chi connectivity index (χ2v) is 10.2. The zero-order chi connectivity index (χ0) is 28.2. The molecule has 40 heavy (non-hydrogen) atoms. The summed E-state index contributed by atoms with van der Waals surface area (Å²) in [4.78, 5) is 14.5. The van der Waals surface area contributed by atoms with Gasteiger partial charge in [-0.1, -0.05) is 19.6 Å². The molecule has 0 fully saturated rings. The number of H-pyrrole nitrogens is 2. The Bertz CT molecular complexity index is 1800. The molecule has 0 aliphatic heterocycles. The van der Waals surface area contributed by atoms with Gasteiger partial charge in [0.25, 0.3) is 0 Å². The minimum absolute atomic E-state index is 0.313. The van der Waals surface area contributed by atoms with Crippen molar-refractivity contribution in [3.63, 3.8) is 0 Å². The lowest BCUT2D eigenvalue weighted by Gasteiger charge is -2.12. The molecule has 0 aliphatic rings. The zero-order valence-electron chi connectivity index (χ0n) is 23.3. The number of aromatic nitrogens is 5. The fraction of sp³-hybridized carbons (Fsp3) is 0.219. The molecule has 0 saturated carbocycles. The highest BCUT2D eigenvalue weighted by molar-refractivity contribution is 5.96. The molecule has 0 spiro atoms. The second-order valence-electron chi connectivity index (χ2n) is 10.2. The summed E-state index contributed by atoms with van der Waals surface area (Å²) in [7, 11) is 4.01. The number of halogens is 1. The lowest BCUT2D eigenvalue weighted by molar-refractivity contribution is 0.425. The topological polar surface area (TPSA) is 85.5 Å². The van der Waals surface area contributed by atoms with Crippen LogP contribution in [0.2, 0.25) is 0 Å². The fourth-order valence-corrected chi connectivity index (χ4v) is 4.60. The number of pyridine rings is 2. The van der Waals surface area contributed by atoms with Gasteiger partial charge in [-0.2, -0.15) is 5.10 Å². The average Bonchev–Trinajstić information content (AvgIpc) is 3.54. The summed E-state index contributed by atoms with van der Waals surface area (Å²) in [5, 5.41) is 13.5. The lowest BCUT2D eigenvalue weighted by Crippen LogP contribution is -2.21. The summed E-state index contributed by atoms with van der Waals surface area (Å²) in [5.74, 6) is -0.313. The second kappa shape index (κ2) is 11.7. The summed E-state index contributed by atoms with van der Waals surface area (Å²) >= 11 is 0. The van der Waals surface area contributed by atoms with Crippen molar-refractivity contribution in [2.24, 2.45) is 0 Å². The van der Waals surface area contributed by atoms with Crippen LogP contribution in [0.5, 0.6) is 0 Å². The van der Waals surface area contributed by atoms with E-state index in [9.17, 15) is 4.39 Å². The Kier molecular flexibility index (Phi) is 7.89. The molecule has 0 unspecified atom stereocenters. The van der Waals surface area contributed by atoms with Crippen LogP contribution >= 0.6 is 0 Å². The molecule has 0 radical (unpaired) electrons. The van der Waals surface area contributed by atoms with Crippen molar-refractivity contribution in [1.82, 2.24) is 30.0 Å². The Morgan fingerprint density at radius 1 is 1.12 bits per heavy atom. The third-order valence-corrected chi connectivity index (χ3v) is 6.92. The molecule has 8 heteroatoms. The van der Waals surface area contributed by atoms with Crippen LogP contribution in [0.3, 0.4) is 0 Å². The summed E-state index contributed by atoms with van der Waals surface area (Å²) in [6, 6.07) is 11.0. The number of rotatable bonds is 9. The molecule has 0 atom stereocenters. The van der Waals surface area contributed by atoms with Crippen LogP contribution in [0.25, 0.3) is 51.8 Å². The molecule has 204 valence electrons. The number of aryl methyl sites for hydroxylation is 1. The Balaban J connectivity index is 1.47. The third-order valence-electron chi connectivity index (χ3n) is 6.92. The molecule has 1 aromatic carbocycles. The van der Waals surface area contributed by atoms with Crippen LogP contribution in [0, 0.1) is 5.82 Å². The van der Waals surface area contributed by atoms with E-state index in [1.807, 2.05) is 56.8 Å². The van der Waals surface area contributed by atoms with Crippen molar-refractivity contribution in [2.45, 2.75) is 20.3 Å². The molecule has 3 N–H and O–H groups in total. The standard InChI is InChI=1S/C32H34FN7/c1-6-22-13-24(19-34-18-22)20(2)7-8-28-21(3)31(39-38-28)30-17-27-29(37-30)9-10-36-32(27)23-14-25(33)16-26(15-23)35-11-12-40(4)5/h7-10,13-19,35,37-38H,3,6,11-12H2,1-2,4-5H3/b20-7+,28-8+. The smallest absolute Gasteiger partial charge is 0.125 e. The van der Waals surface area contributed by atoms with Gasteiger partial charge in [-0.15, -0.1) is 0 Å². The number of hydrogen-bond donors (Lipinski definition) is 3. The van der Waals surface area contributed by atoms with Crippen molar-refractivity contribution in [3.05, 3.63) is 88.6 Å². The van der Waals surface area contributed by atoms with E-state index in [0.717, 1.165) is 62.6 Å². The molecule has 5 rings (SSSR count). The highest BCUT2D eigenvalue weighted by Crippen LogP contribution is 2.31. The number of allylic oxidation sites excluding steroid dienone is 2. The SMILES string of the molecule is C=c1c(-c2cc3c(-c4cc(F)cc(NCCN(C)C)c4)nccc3[nH]2)n[nH]/c1=C/C=C(\C)c1cncc(CC)c1. The molecular weight excluding hydrogens is 501 g/mol. The first-order chi connectivity index (χ1) is 19.3. The Morgan fingerprint density at radius 3 is 2.77 bits per heavy atom. The highest BCUT2D eigenvalue weighted by atomic mass is 19.1. The molecule has 0 bridgehead atoms. The maximum atomic E-state index is 14.6. The zero-order valence-corrected chi connectivity index (χ0v) is 23.3. The van der Waals surface area contributed by atoms with Crippen molar-refractivity contribution in [2.75, 3.05) is 32.5 Å². The molecule has 5 aromatic rings. The van der Waals surface area contributed by atoms with E-state index in [1.165, 1.54) is 17.7 Å². The summed E-state index contributed by atoms with van der Waals surface area (Å²) in [6.45, 7) is 10.0. The monoisotopic (exact) mass is 535 g/mol. The van der Waals surface area contributed by atoms with E-state index in [0.29, 0.717) is 17.8 Å².